The van der Waals surface area contributed by atoms with Crippen LogP contribution in [-0.2, 0) is 6.54 Å². The molecule has 1 aromatic heterocycles. The summed E-state index contributed by atoms with van der Waals surface area (Å²) in [4.78, 5) is 15.0. The average Bonchev–Trinajstić information content (AvgIpc) is 2.97. The number of hydrogen-bond donors (Lipinski definition) is 2. The van der Waals surface area contributed by atoms with Crippen LogP contribution in [0.2, 0.25) is 0 Å². The van der Waals surface area contributed by atoms with E-state index in [-0.39, 0.29) is 5.91 Å². The summed E-state index contributed by atoms with van der Waals surface area (Å²) in [6, 6.07) is 15.7. The molecule has 3 heteroatoms. The van der Waals surface area contributed by atoms with Crippen LogP contribution in [0.15, 0.2) is 60.9 Å². The van der Waals surface area contributed by atoms with Crippen LogP contribution in [0.1, 0.15) is 15.9 Å². The number of benzene rings is 2. The van der Waals surface area contributed by atoms with Crippen molar-refractivity contribution in [2.75, 3.05) is 0 Å². The zero-order chi connectivity index (χ0) is 13.1. The Morgan fingerprint density at radius 2 is 1.89 bits per heavy atom. The maximum Gasteiger partial charge on any atom is 0.251 e. The van der Waals surface area contributed by atoms with Gasteiger partial charge in [0.15, 0.2) is 0 Å². The molecule has 3 aromatic rings. The first-order chi connectivity index (χ1) is 9.33. The van der Waals surface area contributed by atoms with Crippen molar-refractivity contribution in [3.8, 4) is 0 Å². The molecule has 94 valence electrons. The van der Waals surface area contributed by atoms with Gasteiger partial charge in [0.05, 0.1) is 0 Å². The molecule has 0 aliphatic heterocycles. The third-order valence-corrected chi connectivity index (χ3v) is 3.13. The van der Waals surface area contributed by atoms with Crippen LogP contribution in [0.5, 0.6) is 0 Å². The molecule has 0 atom stereocenters. The molecule has 0 radical (unpaired) electrons. The number of hydrogen-bond acceptors (Lipinski definition) is 1. The molecule has 2 N–H and O–H groups in total. The second kappa shape index (κ2) is 4.98. The molecule has 1 amide bonds. The van der Waals surface area contributed by atoms with Gasteiger partial charge in [-0.3, -0.25) is 4.79 Å². The Morgan fingerprint density at radius 3 is 2.68 bits per heavy atom. The Bertz CT molecular complexity index is 702. The van der Waals surface area contributed by atoms with Gasteiger partial charge in [-0.15, -0.1) is 0 Å². The monoisotopic (exact) mass is 250 g/mol. The number of H-pyrrole nitrogens is 1. The molecular weight excluding hydrogens is 236 g/mol. The van der Waals surface area contributed by atoms with E-state index in [1.807, 2.05) is 60.9 Å². The van der Waals surface area contributed by atoms with Crippen molar-refractivity contribution in [1.82, 2.24) is 10.3 Å². The van der Waals surface area contributed by atoms with Gasteiger partial charge in [-0.1, -0.05) is 30.3 Å². The van der Waals surface area contributed by atoms with Gasteiger partial charge in [-0.05, 0) is 34.5 Å². The van der Waals surface area contributed by atoms with Crippen LogP contribution < -0.4 is 5.32 Å². The van der Waals surface area contributed by atoms with Crippen molar-refractivity contribution in [3.05, 3.63) is 72.1 Å². The highest BCUT2D eigenvalue weighted by Crippen LogP contribution is 2.15. The summed E-state index contributed by atoms with van der Waals surface area (Å²) in [7, 11) is 0. The fraction of sp³-hybridized carbons (Fsp3) is 0.0625. The lowest BCUT2D eigenvalue weighted by Crippen LogP contribution is -2.22. The summed E-state index contributed by atoms with van der Waals surface area (Å²) >= 11 is 0. The molecule has 2 aromatic carbocycles. The molecular formula is C16H14N2O. The van der Waals surface area contributed by atoms with Gasteiger partial charge in [0.1, 0.15) is 0 Å². The van der Waals surface area contributed by atoms with E-state index in [0.717, 1.165) is 16.3 Å². The zero-order valence-corrected chi connectivity index (χ0v) is 10.4. The number of fused-ring (bicyclic) bond motifs is 1. The predicted molar refractivity (Wildman–Crippen MR) is 75.9 cm³/mol. The third kappa shape index (κ3) is 2.50. The number of carbonyl (C=O) groups excluding carboxylic acids is 1. The lowest BCUT2D eigenvalue weighted by Gasteiger charge is -2.05. The number of aromatic amines is 1. The topological polar surface area (TPSA) is 44.9 Å². The lowest BCUT2D eigenvalue weighted by molar-refractivity contribution is 0.0951. The van der Waals surface area contributed by atoms with Crippen LogP contribution in [0.25, 0.3) is 10.8 Å². The van der Waals surface area contributed by atoms with E-state index >= 15 is 0 Å². The minimum atomic E-state index is -0.0491. The van der Waals surface area contributed by atoms with Crippen molar-refractivity contribution in [3.63, 3.8) is 0 Å². The van der Waals surface area contributed by atoms with E-state index in [2.05, 4.69) is 10.3 Å². The average molecular weight is 250 g/mol. The standard InChI is InChI=1S/C16H14N2O/c19-16(18-11-12-7-8-17-10-12)15-6-5-13-3-1-2-4-14(13)9-15/h1-10,17H,11H2,(H,18,19). The van der Waals surface area contributed by atoms with Gasteiger partial charge in [-0.2, -0.15) is 0 Å². The Balaban J connectivity index is 1.77. The van der Waals surface area contributed by atoms with Crippen LogP contribution in [-0.4, -0.2) is 10.9 Å². The highest BCUT2D eigenvalue weighted by atomic mass is 16.1. The molecule has 0 aliphatic rings. The molecule has 1 heterocycles. The van der Waals surface area contributed by atoms with Crippen LogP contribution >= 0.6 is 0 Å². The summed E-state index contributed by atoms with van der Waals surface area (Å²) in [6.45, 7) is 0.537. The van der Waals surface area contributed by atoms with E-state index in [1.54, 1.807) is 0 Å². The van der Waals surface area contributed by atoms with Crippen LogP contribution in [0.4, 0.5) is 0 Å². The maximum absolute atomic E-state index is 12.1. The van der Waals surface area contributed by atoms with Crippen LogP contribution in [0.3, 0.4) is 0 Å². The summed E-state index contributed by atoms with van der Waals surface area (Å²) in [5.74, 6) is -0.0491. The summed E-state index contributed by atoms with van der Waals surface area (Å²) in [5.41, 5.74) is 1.75. The van der Waals surface area contributed by atoms with E-state index in [0.29, 0.717) is 12.1 Å². The quantitative estimate of drug-likeness (QED) is 0.737. The first kappa shape index (κ1) is 11.5. The normalized spacial score (nSPS) is 10.5. The third-order valence-electron chi connectivity index (χ3n) is 3.13. The summed E-state index contributed by atoms with van der Waals surface area (Å²) < 4.78 is 0. The van der Waals surface area contributed by atoms with E-state index < -0.39 is 0 Å². The maximum atomic E-state index is 12.1. The first-order valence-corrected chi connectivity index (χ1v) is 6.21. The SMILES string of the molecule is O=C(NCc1cc[nH]c1)c1ccc2ccccc2c1. The fourth-order valence-electron chi connectivity index (χ4n) is 2.08. The number of rotatable bonds is 3. The largest absolute Gasteiger partial charge is 0.367 e. The number of aromatic nitrogens is 1. The minimum Gasteiger partial charge on any atom is -0.367 e. The molecule has 0 saturated carbocycles. The van der Waals surface area contributed by atoms with Crippen molar-refractivity contribution in [1.29, 1.82) is 0 Å². The fourth-order valence-corrected chi connectivity index (χ4v) is 2.08. The predicted octanol–water partition coefficient (Wildman–Crippen LogP) is 3.10. The molecule has 19 heavy (non-hydrogen) atoms. The van der Waals surface area contributed by atoms with E-state index in [9.17, 15) is 4.79 Å². The first-order valence-electron chi connectivity index (χ1n) is 6.21. The van der Waals surface area contributed by atoms with Crippen molar-refractivity contribution >= 4 is 16.7 Å². The van der Waals surface area contributed by atoms with Gasteiger partial charge in [0.25, 0.3) is 5.91 Å². The van der Waals surface area contributed by atoms with Gasteiger partial charge in [-0.25, -0.2) is 0 Å². The Labute approximate surface area is 111 Å². The Hall–Kier alpha value is -2.55. The van der Waals surface area contributed by atoms with E-state index in [1.165, 1.54) is 0 Å². The molecule has 0 unspecified atom stereocenters. The lowest BCUT2D eigenvalue weighted by atomic mass is 10.1. The summed E-state index contributed by atoms with van der Waals surface area (Å²) in [6.07, 6.45) is 3.72. The molecule has 0 spiro atoms. The second-order valence-corrected chi connectivity index (χ2v) is 4.46. The Kier molecular flexibility index (Phi) is 3.02. The Morgan fingerprint density at radius 1 is 1.05 bits per heavy atom. The second-order valence-electron chi connectivity index (χ2n) is 4.46. The highest BCUT2D eigenvalue weighted by molar-refractivity contribution is 5.98. The molecule has 3 nitrogen and oxygen atoms in total. The number of nitrogens with one attached hydrogen (secondary N) is 2. The molecule has 0 saturated heterocycles. The van der Waals surface area contributed by atoms with Crippen LogP contribution in [0, 0.1) is 0 Å². The van der Waals surface area contributed by atoms with E-state index in [4.69, 9.17) is 0 Å². The van der Waals surface area contributed by atoms with Crippen molar-refractivity contribution in [2.24, 2.45) is 0 Å². The van der Waals surface area contributed by atoms with Gasteiger partial charge in [0.2, 0.25) is 0 Å². The highest BCUT2D eigenvalue weighted by Gasteiger charge is 2.06. The summed E-state index contributed by atoms with van der Waals surface area (Å²) in [5, 5.41) is 5.13. The number of amides is 1. The minimum absolute atomic E-state index is 0.0491. The number of carbonyl (C=O) groups is 1. The smallest absolute Gasteiger partial charge is 0.251 e. The van der Waals surface area contributed by atoms with Gasteiger partial charge in [0, 0.05) is 24.5 Å². The molecule has 3 rings (SSSR count). The van der Waals surface area contributed by atoms with Gasteiger partial charge >= 0.3 is 0 Å². The molecule has 0 bridgehead atoms. The zero-order valence-electron chi connectivity index (χ0n) is 10.4. The van der Waals surface area contributed by atoms with Gasteiger partial charge < -0.3 is 10.3 Å². The molecule has 0 aliphatic carbocycles. The molecule has 0 fully saturated rings. The van der Waals surface area contributed by atoms with Crippen molar-refractivity contribution < 1.29 is 4.79 Å². The van der Waals surface area contributed by atoms with Crippen molar-refractivity contribution in [2.45, 2.75) is 6.54 Å².